The lowest BCUT2D eigenvalue weighted by atomic mass is 10.0. The molecule has 10 heteroatoms. The standard InChI is InChI=1S/C14H27N5O5/c1-6(2)4-9(18-13(23)8(15)5-10(16)21)14(24)19-11(7(3)20)12(17)22/h6-9,11,20H,4-5,15H2,1-3H3,(H2,16,21)(H2,17,22)(H,18,23)(H,19,24)/t7-,8+,9+,11+/m1/s1. The molecule has 0 heterocycles. The molecule has 0 radical (unpaired) electrons. The Bertz CT molecular complexity index is 480. The highest BCUT2D eigenvalue weighted by Gasteiger charge is 2.30. The quantitative estimate of drug-likeness (QED) is 0.245. The zero-order chi connectivity index (χ0) is 19.0. The van der Waals surface area contributed by atoms with Crippen LogP contribution in [-0.4, -0.2) is 53.0 Å². The van der Waals surface area contributed by atoms with Crippen molar-refractivity contribution in [2.45, 2.75) is 57.8 Å². The maximum absolute atomic E-state index is 12.3. The molecule has 0 aromatic rings. The molecule has 0 aromatic carbocycles. The molecular weight excluding hydrogens is 318 g/mol. The van der Waals surface area contributed by atoms with Gasteiger partial charge in [-0.05, 0) is 19.3 Å². The Balaban J connectivity index is 5.04. The summed E-state index contributed by atoms with van der Waals surface area (Å²) in [6.45, 7) is 4.96. The number of carbonyl (C=O) groups excluding carboxylic acids is 4. The van der Waals surface area contributed by atoms with E-state index in [1.165, 1.54) is 6.92 Å². The van der Waals surface area contributed by atoms with Crippen LogP contribution < -0.4 is 27.8 Å². The van der Waals surface area contributed by atoms with Crippen LogP contribution in [0.5, 0.6) is 0 Å². The van der Waals surface area contributed by atoms with Gasteiger partial charge in [-0.1, -0.05) is 13.8 Å². The lowest BCUT2D eigenvalue weighted by Crippen LogP contribution is -2.58. The van der Waals surface area contributed by atoms with Gasteiger partial charge >= 0.3 is 0 Å². The lowest BCUT2D eigenvalue weighted by Gasteiger charge is -2.25. The molecule has 24 heavy (non-hydrogen) atoms. The number of carbonyl (C=O) groups is 4. The Labute approximate surface area is 140 Å². The average Bonchev–Trinajstić information content (AvgIpc) is 2.41. The highest BCUT2D eigenvalue weighted by Crippen LogP contribution is 2.07. The first-order valence-corrected chi connectivity index (χ1v) is 7.57. The molecule has 0 saturated heterocycles. The van der Waals surface area contributed by atoms with Crippen LogP contribution in [0.3, 0.4) is 0 Å². The molecule has 0 saturated carbocycles. The second-order valence-electron chi connectivity index (χ2n) is 6.10. The van der Waals surface area contributed by atoms with E-state index in [1.807, 2.05) is 13.8 Å². The molecule has 0 aliphatic carbocycles. The van der Waals surface area contributed by atoms with E-state index < -0.39 is 47.9 Å². The molecular formula is C14H27N5O5. The fourth-order valence-corrected chi connectivity index (χ4v) is 1.97. The van der Waals surface area contributed by atoms with Gasteiger partial charge in [-0.3, -0.25) is 19.2 Å². The van der Waals surface area contributed by atoms with Gasteiger partial charge in [0.1, 0.15) is 12.1 Å². The number of amides is 4. The minimum Gasteiger partial charge on any atom is -0.391 e. The summed E-state index contributed by atoms with van der Waals surface area (Å²) in [6.07, 6.45) is -1.30. The van der Waals surface area contributed by atoms with Crippen molar-refractivity contribution in [3.63, 3.8) is 0 Å². The first-order valence-electron chi connectivity index (χ1n) is 7.57. The number of nitrogens with one attached hydrogen (secondary N) is 2. The highest BCUT2D eigenvalue weighted by atomic mass is 16.3. The Morgan fingerprint density at radius 3 is 1.92 bits per heavy atom. The van der Waals surface area contributed by atoms with E-state index in [-0.39, 0.29) is 18.8 Å². The summed E-state index contributed by atoms with van der Waals surface area (Å²) in [7, 11) is 0. The van der Waals surface area contributed by atoms with Gasteiger partial charge in [0.2, 0.25) is 23.6 Å². The molecule has 10 nitrogen and oxygen atoms in total. The number of hydrogen-bond acceptors (Lipinski definition) is 6. The predicted octanol–water partition coefficient (Wildman–Crippen LogP) is -2.93. The number of rotatable bonds is 10. The number of hydrogen-bond donors (Lipinski definition) is 6. The predicted molar refractivity (Wildman–Crippen MR) is 86.0 cm³/mol. The van der Waals surface area contributed by atoms with Crippen LogP contribution in [0.15, 0.2) is 0 Å². The first kappa shape index (κ1) is 21.8. The van der Waals surface area contributed by atoms with Gasteiger partial charge < -0.3 is 32.9 Å². The monoisotopic (exact) mass is 345 g/mol. The minimum atomic E-state index is -1.29. The van der Waals surface area contributed by atoms with Crippen molar-refractivity contribution in [2.75, 3.05) is 0 Å². The molecule has 138 valence electrons. The van der Waals surface area contributed by atoms with Crippen LogP contribution in [0.4, 0.5) is 0 Å². The highest BCUT2D eigenvalue weighted by molar-refractivity contribution is 5.94. The third-order valence-electron chi connectivity index (χ3n) is 3.18. The first-order chi connectivity index (χ1) is 11.0. The third kappa shape index (κ3) is 7.88. The van der Waals surface area contributed by atoms with Gasteiger partial charge in [0.15, 0.2) is 0 Å². The van der Waals surface area contributed by atoms with Gasteiger partial charge in [-0.2, -0.15) is 0 Å². The van der Waals surface area contributed by atoms with Gasteiger partial charge in [0.25, 0.3) is 0 Å². The van der Waals surface area contributed by atoms with Crippen molar-refractivity contribution >= 4 is 23.6 Å². The van der Waals surface area contributed by atoms with E-state index in [9.17, 15) is 24.3 Å². The zero-order valence-electron chi connectivity index (χ0n) is 14.1. The molecule has 0 aliphatic rings. The van der Waals surface area contributed by atoms with E-state index in [0.717, 1.165) is 0 Å². The fourth-order valence-electron chi connectivity index (χ4n) is 1.97. The number of aliphatic hydroxyl groups excluding tert-OH is 1. The molecule has 0 unspecified atom stereocenters. The summed E-state index contributed by atoms with van der Waals surface area (Å²) in [4.78, 5) is 46.3. The SMILES string of the molecule is CC(C)C[C@H](NC(=O)[C@@H](N)CC(N)=O)C(=O)N[C@H](C(N)=O)[C@@H](C)O. The average molecular weight is 345 g/mol. The Morgan fingerprint density at radius 1 is 1.00 bits per heavy atom. The Morgan fingerprint density at radius 2 is 1.54 bits per heavy atom. The van der Waals surface area contributed by atoms with E-state index >= 15 is 0 Å². The smallest absolute Gasteiger partial charge is 0.243 e. The summed E-state index contributed by atoms with van der Waals surface area (Å²) >= 11 is 0. The fraction of sp³-hybridized carbons (Fsp3) is 0.714. The van der Waals surface area contributed by atoms with Crippen molar-refractivity contribution in [1.82, 2.24) is 10.6 Å². The number of primary amides is 2. The van der Waals surface area contributed by atoms with Crippen molar-refractivity contribution in [3.05, 3.63) is 0 Å². The van der Waals surface area contributed by atoms with E-state index in [4.69, 9.17) is 17.2 Å². The summed E-state index contributed by atoms with van der Waals surface area (Å²) in [5, 5.41) is 14.2. The maximum atomic E-state index is 12.3. The third-order valence-corrected chi connectivity index (χ3v) is 3.18. The molecule has 0 fully saturated rings. The number of nitrogens with two attached hydrogens (primary N) is 3. The van der Waals surface area contributed by atoms with Gasteiger partial charge in [-0.15, -0.1) is 0 Å². The van der Waals surface area contributed by atoms with Crippen LogP contribution in [0.1, 0.15) is 33.6 Å². The number of aliphatic hydroxyl groups is 1. The zero-order valence-corrected chi connectivity index (χ0v) is 14.1. The van der Waals surface area contributed by atoms with Crippen LogP contribution >= 0.6 is 0 Å². The molecule has 4 atom stereocenters. The Hall–Kier alpha value is -2.20. The van der Waals surface area contributed by atoms with Crippen molar-refractivity contribution in [1.29, 1.82) is 0 Å². The largest absolute Gasteiger partial charge is 0.391 e. The molecule has 0 spiro atoms. The maximum Gasteiger partial charge on any atom is 0.243 e. The van der Waals surface area contributed by atoms with Crippen LogP contribution in [0.2, 0.25) is 0 Å². The lowest BCUT2D eigenvalue weighted by molar-refractivity contribution is -0.133. The van der Waals surface area contributed by atoms with Gasteiger partial charge in [0, 0.05) is 0 Å². The molecule has 0 rings (SSSR count). The molecule has 0 bridgehead atoms. The van der Waals surface area contributed by atoms with E-state index in [1.54, 1.807) is 0 Å². The van der Waals surface area contributed by atoms with Crippen molar-refractivity contribution < 1.29 is 24.3 Å². The summed E-state index contributed by atoms with van der Waals surface area (Å²) in [5.41, 5.74) is 15.6. The van der Waals surface area contributed by atoms with Crippen LogP contribution in [0, 0.1) is 5.92 Å². The van der Waals surface area contributed by atoms with E-state index in [0.29, 0.717) is 0 Å². The normalized spacial score (nSPS) is 15.9. The second-order valence-corrected chi connectivity index (χ2v) is 6.10. The van der Waals surface area contributed by atoms with Crippen LogP contribution in [0.25, 0.3) is 0 Å². The summed E-state index contributed by atoms with van der Waals surface area (Å²) in [6, 6.07) is -3.48. The Kier molecular flexibility index (Phi) is 8.93. The molecule has 0 aliphatic heterocycles. The van der Waals surface area contributed by atoms with Crippen molar-refractivity contribution in [2.24, 2.45) is 23.1 Å². The van der Waals surface area contributed by atoms with Gasteiger partial charge in [-0.25, -0.2) is 0 Å². The second kappa shape index (κ2) is 9.83. The molecule has 4 amide bonds. The van der Waals surface area contributed by atoms with Crippen molar-refractivity contribution in [3.8, 4) is 0 Å². The van der Waals surface area contributed by atoms with Gasteiger partial charge in [0.05, 0.1) is 18.6 Å². The summed E-state index contributed by atoms with van der Waals surface area (Å²) in [5.74, 6) is -3.02. The topological polar surface area (TPSA) is 191 Å². The minimum absolute atomic E-state index is 0.0343. The van der Waals surface area contributed by atoms with Crippen LogP contribution in [-0.2, 0) is 19.2 Å². The molecule has 9 N–H and O–H groups in total. The summed E-state index contributed by atoms with van der Waals surface area (Å²) < 4.78 is 0. The van der Waals surface area contributed by atoms with E-state index in [2.05, 4.69) is 10.6 Å². The molecule has 0 aromatic heterocycles.